The zero-order valence-corrected chi connectivity index (χ0v) is 10.3. The summed E-state index contributed by atoms with van der Waals surface area (Å²) in [4.78, 5) is 0. The molecule has 0 heterocycles. The van der Waals surface area contributed by atoms with Gasteiger partial charge in [0.25, 0.3) is 0 Å². The first kappa shape index (κ1) is 11.0. The quantitative estimate of drug-likeness (QED) is 0.839. The standard InChI is InChI=1S/C13H19NS/c1-14-13-11(7-8-15-2)9-10-5-3-4-6-12(10)13/h3-6,11,13-14H,7-9H2,1-2H3. The van der Waals surface area contributed by atoms with Gasteiger partial charge in [-0.25, -0.2) is 0 Å². The minimum atomic E-state index is 0.577. The van der Waals surface area contributed by atoms with Crippen LogP contribution >= 0.6 is 11.8 Å². The molecule has 0 saturated heterocycles. The fraction of sp³-hybridized carbons (Fsp3) is 0.538. The molecule has 0 amide bonds. The SMILES string of the molecule is CNC1c2ccccc2CC1CCSC. The van der Waals surface area contributed by atoms with E-state index >= 15 is 0 Å². The summed E-state index contributed by atoms with van der Waals surface area (Å²) in [5.74, 6) is 2.07. The molecule has 1 aromatic rings. The molecule has 0 spiro atoms. The lowest BCUT2D eigenvalue weighted by atomic mass is 9.98. The Balaban J connectivity index is 2.13. The smallest absolute Gasteiger partial charge is 0.0352 e. The Morgan fingerprint density at radius 2 is 2.20 bits per heavy atom. The number of fused-ring (bicyclic) bond motifs is 1. The van der Waals surface area contributed by atoms with Crippen molar-refractivity contribution in [2.75, 3.05) is 19.1 Å². The predicted octanol–water partition coefficient (Wildman–Crippen LogP) is 2.87. The molecule has 2 heteroatoms. The summed E-state index contributed by atoms with van der Waals surface area (Å²) in [6.45, 7) is 0. The summed E-state index contributed by atoms with van der Waals surface area (Å²) in [6, 6.07) is 9.44. The average molecular weight is 221 g/mol. The maximum atomic E-state index is 3.47. The van der Waals surface area contributed by atoms with Crippen LogP contribution in [0.25, 0.3) is 0 Å². The molecule has 0 bridgehead atoms. The van der Waals surface area contributed by atoms with Crippen molar-refractivity contribution in [2.24, 2.45) is 5.92 Å². The number of hydrogen-bond donors (Lipinski definition) is 1. The lowest BCUT2D eigenvalue weighted by Gasteiger charge is -2.19. The summed E-state index contributed by atoms with van der Waals surface area (Å²) in [5.41, 5.74) is 3.06. The Morgan fingerprint density at radius 1 is 1.40 bits per heavy atom. The topological polar surface area (TPSA) is 12.0 Å². The molecule has 0 aliphatic heterocycles. The summed E-state index contributed by atoms with van der Waals surface area (Å²) < 4.78 is 0. The molecule has 15 heavy (non-hydrogen) atoms. The first-order valence-corrected chi connectivity index (χ1v) is 7.00. The maximum absolute atomic E-state index is 3.47. The van der Waals surface area contributed by atoms with Crippen LogP contribution in [-0.2, 0) is 6.42 Å². The largest absolute Gasteiger partial charge is 0.313 e. The first-order valence-electron chi connectivity index (χ1n) is 5.61. The van der Waals surface area contributed by atoms with Crippen LogP contribution in [0, 0.1) is 5.92 Å². The van der Waals surface area contributed by atoms with Crippen molar-refractivity contribution in [3.05, 3.63) is 35.4 Å². The Morgan fingerprint density at radius 3 is 2.93 bits per heavy atom. The summed E-state index contributed by atoms with van der Waals surface area (Å²) in [7, 11) is 2.08. The molecule has 2 rings (SSSR count). The number of nitrogens with one attached hydrogen (secondary N) is 1. The number of thioether (sulfide) groups is 1. The number of hydrogen-bond acceptors (Lipinski definition) is 2. The lowest BCUT2D eigenvalue weighted by molar-refractivity contribution is 0.404. The van der Waals surface area contributed by atoms with Crippen molar-refractivity contribution >= 4 is 11.8 Å². The van der Waals surface area contributed by atoms with Crippen LogP contribution in [0.2, 0.25) is 0 Å². The Labute approximate surface area is 96.7 Å². The Kier molecular flexibility index (Phi) is 3.71. The maximum Gasteiger partial charge on any atom is 0.0352 e. The summed E-state index contributed by atoms with van der Waals surface area (Å²) in [6.07, 6.45) is 4.76. The van der Waals surface area contributed by atoms with Crippen LogP contribution in [0.15, 0.2) is 24.3 Å². The molecule has 2 unspecified atom stereocenters. The molecule has 2 atom stereocenters. The second-order valence-electron chi connectivity index (χ2n) is 4.21. The van der Waals surface area contributed by atoms with Crippen molar-refractivity contribution in [1.29, 1.82) is 0 Å². The van der Waals surface area contributed by atoms with Gasteiger partial charge in [0.2, 0.25) is 0 Å². The van der Waals surface area contributed by atoms with E-state index in [9.17, 15) is 0 Å². The van der Waals surface area contributed by atoms with E-state index in [1.165, 1.54) is 24.2 Å². The molecule has 1 nitrogen and oxygen atoms in total. The van der Waals surface area contributed by atoms with Gasteiger partial charge in [0.05, 0.1) is 0 Å². The third kappa shape index (κ3) is 2.21. The van der Waals surface area contributed by atoms with E-state index < -0.39 is 0 Å². The van der Waals surface area contributed by atoms with E-state index in [-0.39, 0.29) is 0 Å². The zero-order chi connectivity index (χ0) is 10.7. The van der Waals surface area contributed by atoms with Gasteiger partial charge < -0.3 is 5.32 Å². The molecule has 0 radical (unpaired) electrons. The van der Waals surface area contributed by atoms with Crippen LogP contribution in [-0.4, -0.2) is 19.1 Å². The number of rotatable bonds is 4. The van der Waals surface area contributed by atoms with Crippen LogP contribution < -0.4 is 5.32 Å². The number of benzene rings is 1. The monoisotopic (exact) mass is 221 g/mol. The van der Waals surface area contributed by atoms with Crippen molar-refractivity contribution in [3.63, 3.8) is 0 Å². The minimum absolute atomic E-state index is 0.577. The fourth-order valence-corrected chi connectivity index (χ4v) is 3.15. The second kappa shape index (κ2) is 5.04. The van der Waals surface area contributed by atoms with E-state index in [1.807, 2.05) is 11.8 Å². The van der Waals surface area contributed by atoms with E-state index in [0.29, 0.717) is 6.04 Å². The first-order chi connectivity index (χ1) is 7.36. The van der Waals surface area contributed by atoms with Gasteiger partial charge in [-0.15, -0.1) is 0 Å². The highest BCUT2D eigenvalue weighted by molar-refractivity contribution is 7.98. The lowest BCUT2D eigenvalue weighted by Crippen LogP contribution is -2.21. The molecule has 1 aromatic carbocycles. The van der Waals surface area contributed by atoms with Gasteiger partial charge >= 0.3 is 0 Å². The summed E-state index contributed by atoms with van der Waals surface area (Å²) >= 11 is 1.95. The van der Waals surface area contributed by atoms with Gasteiger partial charge in [0, 0.05) is 6.04 Å². The highest BCUT2D eigenvalue weighted by Gasteiger charge is 2.30. The van der Waals surface area contributed by atoms with E-state index in [1.54, 1.807) is 5.56 Å². The average Bonchev–Trinajstić information content (AvgIpc) is 2.63. The fourth-order valence-electron chi connectivity index (χ4n) is 2.61. The third-order valence-electron chi connectivity index (χ3n) is 3.35. The van der Waals surface area contributed by atoms with Crippen molar-refractivity contribution in [2.45, 2.75) is 18.9 Å². The van der Waals surface area contributed by atoms with Crippen LogP contribution in [0.1, 0.15) is 23.6 Å². The molecule has 1 aliphatic carbocycles. The summed E-state index contributed by atoms with van der Waals surface area (Å²) in [5, 5.41) is 3.47. The van der Waals surface area contributed by atoms with Gasteiger partial charge in [0.15, 0.2) is 0 Å². The van der Waals surface area contributed by atoms with Crippen LogP contribution in [0.3, 0.4) is 0 Å². The molecule has 82 valence electrons. The molecular weight excluding hydrogens is 202 g/mol. The van der Waals surface area contributed by atoms with Gasteiger partial charge in [-0.3, -0.25) is 0 Å². The minimum Gasteiger partial charge on any atom is -0.313 e. The predicted molar refractivity (Wildman–Crippen MR) is 68.4 cm³/mol. The molecule has 1 N–H and O–H groups in total. The van der Waals surface area contributed by atoms with Crippen LogP contribution in [0.5, 0.6) is 0 Å². The second-order valence-corrected chi connectivity index (χ2v) is 5.20. The van der Waals surface area contributed by atoms with Gasteiger partial charge in [0.1, 0.15) is 0 Å². The molecule has 1 aliphatic rings. The van der Waals surface area contributed by atoms with E-state index in [2.05, 4.69) is 42.9 Å². The van der Waals surface area contributed by atoms with E-state index in [4.69, 9.17) is 0 Å². The van der Waals surface area contributed by atoms with Gasteiger partial charge in [-0.05, 0) is 48.9 Å². The Hall–Kier alpha value is -0.470. The molecule has 0 aromatic heterocycles. The van der Waals surface area contributed by atoms with E-state index in [0.717, 1.165) is 5.92 Å². The van der Waals surface area contributed by atoms with Crippen molar-refractivity contribution < 1.29 is 0 Å². The van der Waals surface area contributed by atoms with Crippen LogP contribution in [0.4, 0.5) is 0 Å². The van der Waals surface area contributed by atoms with Crippen molar-refractivity contribution in [1.82, 2.24) is 5.32 Å². The molecule has 0 saturated carbocycles. The van der Waals surface area contributed by atoms with Crippen molar-refractivity contribution in [3.8, 4) is 0 Å². The Bertz CT molecular complexity index is 324. The van der Waals surface area contributed by atoms with Gasteiger partial charge in [-0.2, -0.15) is 11.8 Å². The third-order valence-corrected chi connectivity index (χ3v) is 3.99. The molecule has 0 fully saturated rings. The van der Waals surface area contributed by atoms with Gasteiger partial charge in [-0.1, -0.05) is 24.3 Å². The normalized spacial score (nSPS) is 24.1. The zero-order valence-electron chi connectivity index (χ0n) is 9.49. The highest BCUT2D eigenvalue weighted by atomic mass is 32.2. The highest BCUT2D eigenvalue weighted by Crippen LogP contribution is 2.37. The molecular formula is C13H19NS.